The quantitative estimate of drug-likeness (QED) is 0.811. The van der Waals surface area contributed by atoms with Crippen molar-refractivity contribution >= 4 is 35.0 Å². The molecule has 0 amide bonds. The highest BCUT2D eigenvalue weighted by atomic mass is 35.5. The van der Waals surface area contributed by atoms with E-state index in [1.807, 2.05) is 6.92 Å². The predicted octanol–water partition coefficient (Wildman–Crippen LogP) is 2.26. The molecule has 0 aliphatic rings. The summed E-state index contributed by atoms with van der Waals surface area (Å²) < 4.78 is 1.29. The van der Waals surface area contributed by atoms with Crippen molar-refractivity contribution < 1.29 is 0 Å². The van der Waals surface area contributed by atoms with Gasteiger partial charge in [0.05, 0.1) is 17.1 Å². The minimum absolute atomic E-state index is 0.0355. The molecule has 0 aromatic carbocycles. The van der Waals surface area contributed by atoms with Crippen LogP contribution in [-0.4, -0.2) is 15.5 Å². The zero-order chi connectivity index (χ0) is 9.84. The molecule has 0 radical (unpaired) electrons. The van der Waals surface area contributed by atoms with Gasteiger partial charge in [-0.3, -0.25) is 4.79 Å². The van der Waals surface area contributed by atoms with Crippen molar-refractivity contribution in [2.45, 2.75) is 12.8 Å². The molecule has 72 valence electrons. The van der Waals surface area contributed by atoms with Gasteiger partial charge in [0, 0.05) is 0 Å². The third-order valence-electron chi connectivity index (χ3n) is 1.36. The Kier molecular flexibility index (Phi) is 4.09. The lowest BCUT2D eigenvalue weighted by molar-refractivity contribution is 0.693. The van der Waals surface area contributed by atoms with Gasteiger partial charge in [0.1, 0.15) is 5.02 Å². The number of nitrogens with zero attached hydrogens (tertiary/aromatic N) is 2. The monoisotopic (exact) mass is 238 g/mol. The van der Waals surface area contributed by atoms with Crippen molar-refractivity contribution in [3.05, 3.63) is 26.6 Å². The van der Waals surface area contributed by atoms with Gasteiger partial charge in [-0.05, 0) is 5.75 Å². The molecule has 0 N–H and O–H groups in total. The lowest BCUT2D eigenvalue weighted by Crippen LogP contribution is -2.22. The lowest BCUT2D eigenvalue weighted by Gasteiger charge is -2.03. The molecule has 0 spiro atoms. The maximum Gasteiger partial charge on any atom is 0.287 e. The van der Waals surface area contributed by atoms with Crippen LogP contribution < -0.4 is 5.56 Å². The molecule has 0 aliphatic carbocycles. The van der Waals surface area contributed by atoms with Gasteiger partial charge < -0.3 is 0 Å². The van der Waals surface area contributed by atoms with Gasteiger partial charge >= 0.3 is 0 Å². The summed E-state index contributed by atoms with van der Waals surface area (Å²) in [6.07, 6.45) is 1.38. The number of halogens is 2. The number of rotatable bonds is 3. The van der Waals surface area contributed by atoms with E-state index in [1.165, 1.54) is 10.9 Å². The van der Waals surface area contributed by atoms with Gasteiger partial charge in [-0.15, -0.1) is 11.8 Å². The molecule has 0 saturated carbocycles. The minimum atomic E-state index is -0.338. The molecule has 3 nitrogen and oxygen atoms in total. The Hall–Kier alpha value is -0.190. The van der Waals surface area contributed by atoms with E-state index in [4.69, 9.17) is 23.2 Å². The zero-order valence-corrected chi connectivity index (χ0v) is 9.29. The number of hydrogen-bond donors (Lipinski definition) is 0. The van der Waals surface area contributed by atoms with E-state index in [-0.39, 0.29) is 15.6 Å². The first-order valence-electron chi connectivity index (χ1n) is 3.65. The molecule has 0 fully saturated rings. The van der Waals surface area contributed by atoms with Gasteiger partial charge in [-0.1, -0.05) is 30.1 Å². The average molecular weight is 239 g/mol. The molecule has 1 aromatic heterocycles. The fraction of sp³-hybridized carbons (Fsp3) is 0.429. The topological polar surface area (TPSA) is 34.9 Å². The van der Waals surface area contributed by atoms with Crippen molar-refractivity contribution in [1.29, 1.82) is 0 Å². The Balaban J connectivity index is 2.97. The smallest absolute Gasteiger partial charge is 0.266 e. The van der Waals surface area contributed by atoms with E-state index in [0.29, 0.717) is 5.88 Å². The molecule has 0 bridgehead atoms. The summed E-state index contributed by atoms with van der Waals surface area (Å²) in [5.74, 6) is 1.43. The predicted molar refractivity (Wildman–Crippen MR) is 56.6 cm³/mol. The van der Waals surface area contributed by atoms with Crippen molar-refractivity contribution in [3.8, 4) is 0 Å². The molecule has 6 heteroatoms. The summed E-state index contributed by atoms with van der Waals surface area (Å²) in [6.45, 7) is 2.01. The third-order valence-corrected chi connectivity index (χ3v) is 2.94. The maximum absolute atomic E-state index is 11.4. The van der Waals surface area contributed by atoms with Crippen LogP contribution >= 0.6 is 35.0 Å². The van der Waals surface area contributed by atoms with E-state index >= 15 is 0 Å². The molecule has 13 heavy (non-hydrogen) atoms. The van der Waals surface area contributed by atoms with Crippen LogP contribution in [0.1, 0.15) is 6.92 Å². The second-order valence-corrected chi connectivity index (χ2v) is 4.26. The van der Waals surface area contributed by atoms with Crippen LogP contribution in [0.2, 0.25) is 10.0 Å². The Labute approximate surface area is 90.0 Å². The van der Waals surface area contributed by atoms with Crippen LogP contribution in [0.5, 0.6) is 0 Å². The summed E-state index contributed by atoms with van der Waals surface area (Å²) in [5, 5.41) is 4.08. The van der Waals surface area contributed by atoms with Crippen molar-refractivity contribution in [2.24, 2.45) is 0 Å². The van der Waals surface area contributed by atoms with Crippen LogP contribution in [0.4, 0.5) is 0 Å². The van der Waals surface area contributed by atoms with E-state index in [0.717, 1.165) is 5.75 Å². The molecule has 0 unspecified atom stereocenters. The van der Waals surface area contributed by atoms with Crippen molar-refractivity contribution in [1.82, 2.24) is 9.78 Å². The molecule has 1 aromatic rings. The van der Waals surface area contributed by atoms with E-state index in [9.17, 15) is 4.79 Å². The Morgan fingerprint density at radius 1 is 1.62 bits per heavy atom. The zero-order valence-electron chi connectivity index (χ0n) is 6.96. The van der Waals surface area contributed by atoms with Crippen molar-refractivity contribution in [2.75, 3.05) is 5.75 Å². The number of hydrogen-bond acceptors (Lipinski definition) is 3. The second kappa shape index (κ2) is 4.88. The third kappa shape index (κ3) is 2.62. The molecule has 0 aliphatic heterocycles. The highest BCUT2D eigenvalue weighted by Gasteiger charge is 2.06. The minimum Gasteiger partial charge on any atom is -0.266 e. The summed E-state index contributed by atoms with van der Waals surface area (Å²) in [4.78, 5) is 11.4. The maximum atomic E-state index is 11.4. The summed E-state index contributed by atoms with van der Waals surface area (Å²) in [7, 11) is 0. The lowest BCUT2D eigenvalue weighted by atomic mass is 10.6. The average Bonchev–Trinajstić information content (AvgIpc) is 2.13. The SMILES string of the molecule is CCSCn1ncc(Cl)c(Cl)c1=O. The largest absolute Gasteiger partial charge is 0.287 e. The van der Waals surface area contributed by atoms with Crippen LogP contribution in [0, 0.1) is 0 Å². The van der Waals surface area contributed by atoms with Crippen LogP contribution in [-0.2, 0) is 5.88 Å². The summed E-state index contributed by atoms with van der Waals surface area (Å²) in [6, 6.07) is 0. The van der Waals surface area contributed by atoms with Crippen LogP contribution in [0.25, 0.3) is 0 Å². The molecule has 0 saturated heterocycles. The van der Waals surface area contributed by atoms with Crippen LogP contribution in [0.15, 0.2) is 11.0 Å². The second-order valence-electron chi connectivity index (χ2n) is 2.23. The van der Waals surface area contributed by atoms with E-state index in [1.54, 1.807) is 11.8 Å². The van der Waals surface area contributed by atoms with E-state index in [2.05, 4.69) is 5.10 Å². The van der Waals surface area contributed by atoms with Gasteiger partial charge in [0.25, 0.3) is 5.56 Å². The fourth-order valence-electron chi connectivity index (χ4n) is 0.715. The Morgan fingerprint density at radius 2 is 2.31 bits per heavy atom. The molecule has 0 atom stereocenters. The fourth-order valence-corrected chi connectivity index (χ4v) is 1.52. The molecular formula is C7H8Cl2N2OS. The van der Waals surface area contributed by atoms with Gasteiger partial charge in [0.15, 0.2) is 0 Å². The summed E-state index contributed by atoms with van der Waals surface area (Å²) in [5.41, 5.74) is -0.338. The van der Waals surface area contributed by atoms with E-state index < -0.39 is 0 Å². The Bertz CT molecular complexity index is 353. The first-order valence-corrected chi connectivity index (χ1v) is 5.56. The molecular weight excluding hydrogens is 231 g/mol. The highest BCUT2D eigenvalue weighted by molar-refractivity contribution is 7.98. The van der Waals surface area contributed by atoms with Gasteiger partial charge in [0.2, 0.25) is 0 Å². The number of aromatic nitrogens is 2. The molecule has 1 rings (SSSR count). The molecule has 1 heterocycles. The first kappa shape index (κ1) is 10.9. The first-order chi connectivity index (χ1) is 6.16. The standard InChI is InChI=1S/C7H8Cl2N2OS/c1-2-13-4-11-7(12)6(9)5(8)3-10-11/h3H,2,4H2,1H3. The van der Waals surface area contributed by atoms with Crippen LogP contribution in [0.3, 0.4) is 0 Å². The van der Waals surface area contributed by atoms with Gasteiger partial charge in [-0.25, -0.2) is 4.68 Å². The Morgan fingerprint density at radius 3 is 2.92 bits per heavy atom. The summed E-state index contributed by atoms with van der Waals surface area (Å²) >= 11 is 12.8. The van der Waals surface area contributed by atoms with Gasteiger partial charge in [-0.2, -0.15) is 5.10 Å². The van der Waals surface area contributed by atoms with Crippen molar-refractivity contribution in [3.63, 3.8) is 0 Å². The normalized spacial score (nSPS) is 10.4. The highest BCUT2D eigenvalue weighted by Crippen LogP contribution is 2.15. The number of thioether (sulfide) groups is 1.